The third-order valence-electron chi connectivity index (χ3n) is 2.92. The SMILES string of the molecule is CC(C)(C)OC(=O)[C@@H]1CCCN1C(=O)c1ccn[nH]1. The zero-order valence-corrected chi connectivity index (χ0v) is 11.5. The second kappa shape index (κ2) is 5.03. The molecule has 1 aliphatic heterocycles. The summed E-state index contributed by atoms with van der Waals surface area (Å²) in [6.07, 6.45) is 2.98. The van der Waals surface area contributed by atoms with Crippen LogP contribution in [0.5, 0.6) is 0 Å². The molecule has 1 aliphatic rings. The second-order valence-corrected chi connectivity index (χ2v) is 5.66. The van der Waals surface area contributed by atoms with E-state index >= 15 is 0 Å². The van der Waals surface area contributed by atoms with Gasteiger partial charge in [0.15, 0.2) is 0 Å². The monoisotopic (exact) mass is 265 g/mol. The maximum Gasteiger partial charge on any atom is 0.329 e. The van der Waals surface area contributed by atoms with Crippen LogP contribution in [-0.4, -0.2) is 45.2 Å². The molecule has 1 saturated heterocycles. The van der Waals surface area contributed by atoms with Crippen LogP contribution in [0, 0.1) is 0 Å². The van der Waals surface area contributed by atoms with E-state index in [1.165, 1.54) is 6.20 Å². The van der Waals surface area contributed by atoms with Crippen molar-refractivity contribution in [3.05, 3.63) is 18.0 Å². The van der Waals surface area contributed by atoms with Crippen molar-refractivity contribution in [1.82, 2.24) is 15.1 Å². The van der Waals surface area contributed by atoms with E-state index in [0.717, 1.165) is 6.42 Å². The van der Waals surface area contributed by atoms with Gasteiger partial charge in [-0.25, -0.2) is 4.79 Å². The number of ether oxygens (including phenoxy) is 1. The molecule has 6 heteroatoms. The van der Waals surface area contributed by atoms with Crippen molar-refractivity contribution in [1.29, 1.82) is 0 Å². The average Bonchev–Trinajstić information content (AvgIpc) is 2.97. The predicted molar refractivity (Wildman–Crippen MR) is 68.5 cm³/mol. The summed E-state index contributed by atoms with van der Waals surface area (Å²) in [4.78, 5) is 25.9. The summed E-state index contributed by atoms with van der Waals surface area (Å²) in [5.41, 5.74) is -0.141. The topological polar surface area (TPSA) is 75.3 Å². The smallest absolute Gasteiger partial charge is 0.329 e. The first-order valence-corrected chi connectivity index (χ1v) is 6.42. The molecule has 1 fully saturated rings. The Labute approximate surface area is 112 Å². The van der Waals surface area contributed by atoms with Gasteiger partial charge in [0.25, 0.3) is 5.91 Å². The third kappa shape index (κ3) is 3.13. The molecule has 1 aromatic heterocycles. The van der Waals surface area contributed by atoms with E-state index in [-0.39, 0.29) is 11.9 Å². The molecule has 0 radical (unpaired) electrons. The molecule has 104 valence electrons. The van der Waals surface area contributed by atoms with Crippen LogP contribution in [0.3, 0.4) is 0 Å². The molecule has 1 atom stereocenters. The van der Waals surface area contributed by atoms with E-state index in [1.807, 2.05) is 20.8 Å². The molecule has 0 aliphatic carbocycles. The van der Waals surface area contributed by atoms with Gasteiger partial charge in [-0.15, -0.1) is 0 Å². The van der Waals surface area contributed by atoms with Crippen LogP contribution in [0.1, 0.15) is 44.1 Å². The predicted octanol–water partition coefficient (Wildman–Crippen LogP) is 1.36. The lowest BCUT2D eigenvalue weighted by Gasteiger charge is -2.27. The normalized spacial score (nSPS) is 19.5. The van der Waals surface area contributed by atoms with E-state index in [9.17, 15) is 9.59 Å². The Balaban J connectivity index is 2.09. The van der Waals surface area contributed by atoms with Crippen LogP contribution < -0.4 is 0 Å². The Morgan fingerprint density at radius 1 is 1.47 bits per heavy atom. The molecule has 19 heavy (non-hydrogen) atoms. The minimum absolute atomic E-state index is 0.203. The van der Waals surface area contributed by atoms with Gasteiger partial charge in [0.05, 0.1) is 0 Å². The van der Waals surface area contributed by atoms with Crippen molar-refractivity contribution in [3.63, 3.8) is 0 Å². The van der Waals surface area contributed by atoms with Crippen molar-refractivity contribution in [3.8, 4) is 0 Å². The molecule has 6 nitrogen and oxygen atoms in total. The standard InChI is InChI=1S/C13H19N3O3/c1-13(2,3)19-12(18)10-5-4-8-16(10)11(17)9-6-7-14-15-9/h6-7,10H,4-5,8H2,1-3H3,(H,14,15)/t10-/m0/s1. The van der Waals surface area contributed by atoms with Gasteiger partial charge in [0, 0.05) is 12.7 Å². The lowest BCUT2D eigenvalue weighted by atomic mass is 10.1. The quantitative estimate of drug-likeness (QED) is 0.819. The average molecular weight is 265 g/mol. The van der Waals surface area contributed by atoms with Gasteiger partial charge < -0.3 is 9.64 Å². The Morgan fingerprint density at radius 2 is 2.21 bits per heavy atom. The summed E-state index contributed by atoms with van der Waals surface area (Å²) < 4.78 is 5.36. The molecule has 1 N–H and O–H groups in total. The van der Waals surface area contributed by atoms with Gasteiger partial charge >= 0.3 is 5.97 Å². The van der Waals surface area contributed by atoms with Crippen LogP contribution in [0.2, 0.25) is 0 Å². The van der Waals surface area contributed by atoms with Gasteiger partial charge in [-0.05, 0) is 39.7 Å². The molecule has 0 bridgehead atoms. The van der Waals surface area contributed by atoms with E-state index in [0.29, 0.717) is 18.7 Å². The molecule has 0 spiro atoms. The second-order valence-electron chi connectivity index (χ2n) is 5.66. The molecule has 2 heterocycles. The molecule has 1 aromatic rings. The van der Waals surface area contributed by atoms with Gasteiger partial charge in [0.2, 0.25) is 0 Å². The number of carbonyl (C=O) groups is 2. The Hall–Kier alpha value is -1.85. The molecule has 0 aromatic carbocycles. The molecular formula is C13H19N3O3. The maximum atomic E-state index is 12.2. The highest BCUT2D eigenvalue weighted by Crippen LogP contribution is 2.22. The minimum Gasteiger partial charge on any atom is -0.458 e. The van der Waals surface area contributed by atoms with Crippen molar-refractivity contribution in [2.24, 2.45) is 0 Å². The highest BCUT2D eigenvalue weighted by Gasteiger charge is 2.37. The maximum absolute atomic E-state index is 12.2. The summed E-state index contributed by atoms with van der Waals surface area (Å²) >= 11 is 0. The number of rotatable bonds is 2. The highest BCUT2D eigenvalue weighted by atomic mass is 16.6. The number of amides is 1. The number of hydrogen-bond donors (Lipinski definition) is 1. The van der Waals surface area contributed by atoms with Gasteiger partial charge in [-0.3, -0.25) is 9.89 Å². The fraction of sp³-hybridized carbons (Fsp3) is 0.615. The fourth-order valence-corrected chi connectivity index (χ4v) is 2.15. The Bertz CT molecular complexity index is 462. The van der Waals surface area contributed by atoms with Crippen LogP contribution in [0.25, 0.3) is 0 Å². The first kappa shape index (κ1) is 13.6. The van der Waals surface area contributed by atoms with Crippen LogP contribution in [0.15, 0.2) is 12.3 Å². The summed E-state index contributed by atoms with van der Waals surface area (Å²) in [6, 6.07) is 1.11. The largest absolute Gasteiger partial charge is 0.458 e. The first-order valence-electron chi connectivity index (χ1n) is 6.42. The minimum atomic E-state index is -0.539. The first-order chi connectivity index (χ1) is 8.88. The number of carbonyl (C=O) groups excluding carboxylic acids is 2. The van der Waals surface area contributed by atoms with Gasteiger partial charge in [0.1, 0.15) is 17.3 Å². The van der Waals surface area contributed by atoms with Crippen molar-refractivity contribution < 1.29 is 14.3 Å². The third-order valence-corrected chi connectivity index (χ3v) is 2.92. The van der Waals surface area contributed by atoms with Crippen molar-refractivity contribution >= 4 is 11.9 Å². The van der Waals surface area contributed by atoms with E-state index in [4.69, 9.17) is 4.74 Å². The number of nitrogens with zero attached hydrogens (tertiary/aromatic N) is 2. The Morgan fingerprint density at radius 3 is 2.79 bits per heavy atom. The van der Waals surface area contributed by atoms with Crippen LogP contribution in [0.4, 0.5) is 0 Å². The summed E-state index contributed by atoms with van der Waals surface area (Å²) in [5.74, 6) is -0.538. The number of likely N-dealkylation sites (tertiary alicyclic amines) is 1. The molecule has 1 amide bonds. The Kier molecular flexibility index (Phi) is 3.59. The number of nitrogens with one attached hydrogen (secondary N) is 1. The summed E-state index contributed by atoms with van der Waals surface area (Å²) in [5, 5.41) is 6.38. The van der Waals surface area contributed by atoms with E-state index < -0.39 is 11.6 Å². The zero-order chi connectivity index (χ0) is 14.0. The molecule has 0 saturated carbocycles. The zero-order valence-electron chi connectivity index (χ0n) is 11.5. The fourth-order valence-electron chi connectivity index (χ4n) is 2.15. The van der Waals surface area contributed by atoms with Crippen LogP contribution >= 0.6 is 0 Å². The van der Waals surface area contributed by atoms with E-state index in [1.54, 1.807) is 11.0 Å². The van der Waals surface area contributed by atoms with E-state index in [2.05, 4.69) is 10.2 Å². The summed E-state index contributed by atoms with van der Waals surface area (Å²) in [6.45, 7) is 6.03. The number of aromatic amines is 1. The van der Waals surface area contributed by atoms with Crippen molar-refractivity contribution in [2.45, 2.75) is 45.3 Å². The number of hydrogen-bond acceptors (Lipinski definition) is 4. The lowest BCUT2D eigenvalue weighted by molar-refractivity contribution is -0.159. The van der Waals surface area contributed by atoms with Crippen LogP contribution in [-0.2, 0) is 9.53 Å². The van der Waals surface area contributed by atoms with Gasteiger partial charge in [-0.1, -0.05) is 0 Å². The molecule has 2 rings (SSSR count). The number of aromatic nitrogens is 2. The highest BCUT2D eigenvalue weighted by molar-refractivity contribution is 5.95. The lowest BCUT2D eigenvalue weighted by Crippen LogP contribution is -2.43. The molecule has 0 unspecified atom stereocenters. The summed E-state index contributed by atoms with van der Waals surface area (Å²) in [7, 11) is 0. The molecular weight excluding hydrogens is 246 g/mol. The number of esters is 1. The number of H-pyrrole nitrogens is 1. The van der Waals surface area contributed by atoms with Gasteiger partial charge in [-0.2, -0.15) is 5.10 Å². The van der Waals surface area contributed by atoms with Crippen molar-refractivity contribution in [2.75, 3.05) is 6.54 Å².